The highest BCUT2D eigenvalue weighted by atomic mass is 79.9. The van der Waals surface area contributed by atoms with Crippen molar-refractivity contribution in [3.63, 3.8) is 0 Å². The molecule has 0 amide bonds. The molecule has 4 heteroatoms. The van der Waals surface area contributed by atoms with Gasteiger partial charge in [0.25, 0.3) is 0 Å². The largest absolute Gasteiger partial charge is 0.410 e. The van der Waals surface area contributed by atoms with Crippen LogP contribution in [0.25, 0.3) is 0 Å². The Labute approximate surface area is 77.8 Å². The predicted molar refractivity (Wildman–Crippen MR) is 48.5 cm³/mol. The van der Waals surface area contributed by atoms with Crippen LogP contribution >= 0.6 is 15.9 Å². The molecule has 62 valence electrons. The zero-order valence-electron chi connectivity index (χ0n) is 6.07. The highest BCUT2D eigenvalue weighted by molar-refractivity contribution is 9.10. The lowest BCUT2D eigenvalue weighted by molar-refractivity contribution is -0.102. The zero-order chi connectivity index (χ0) is 8.97. The predicted octanol–water partition coefficient (Wildman–Crippen LogP) is 1.83. The van der Waals surface area contributed by atoms with E-state index >= 15 is 0 Å². The van der Waals surface area contributed by atoms with Crippen molar-refractivity contribution in [1.29, 1.82) is 0 Å². The molecule has 0 atom stereocenters. The highest BCUT2D eigenvalue weighted by Crippen LogP contribution is 2.10. The van der Waals surface area contributed by atoms with Crippen LogP contribution in [0.2, 0.25) is 0 Å². The Kier molecular flexibility index (Phi) is 2.99. The van der Waals surface area contributed by atoms with E-state index in [0.29, 0.717) is 11.8 Å². The van der Waals surface area contributed by atoms with E-state index in [4.69, 9.17) is 5.21 Å². The van der Waals surface area contributed by atoms with Gasteiger partial charge in [-0.3, -0.25) is 4.79 Å². The number of benzene rings is 1. The number of hydrogen-bond acceptors (Lipinski definition) is 3. The third-order valence-corrected chi connectivity index (χ3v) is 1.89. The molecule has 0 aliphatic carbocycles. The summed E-state index contributed by atoms with van der Waals surface area (Å²) >= 11 is 3.25. The van der Waals surface area contributed by atoms with Crippen LogP contribution in [0.5, 0.6) is 0 Å². The van der Waals surface area contributed by atoms with E-state index in [1.54, 1.807) is 24.3 Å². The van der Waals surface area contributed by atoms with E-state index < -0.39 is 0 Å². The average molecular weight is 228 g/mol. The summed E-state index contributed by atoms with van der Waals surface area (Å²) in [5.74, 6) is 0. The Hall–Kier alpha value is -1.16. The fourth-order valence-electron chi connectivity index (χ4n) is 0.770. The number of carbonyl (C=O) groups excluding carboxylic acids is 1. The molecule has 3 nitrogen and oxygen atoms in total. The summed E-state index contributed by atoms with van der Waals surface area (Å²) < 4.78 is 0.912. The van der Waals surface area contributed by atoms with Crippen molar-refractivity contribution in [2.75, 3.05) is 0 Å². The van der Waals surface area contributed by atoms with Crippen LogP contribution in [0.3, 0.4) is 0 Å². The Balaban J connectivity index is 3.04. The number of rotatable bonds is 2. The summed E-state index contributed by atoms with van der Waals surface area (Å²) in [6, 6.07) is 6.91. The molecule has 0 fully saturated rings. The Morgan fingerprint density at radius 1 is 1.42 bits per heavy atom. The molecule has 0 heterocycles. The van der Waals surface area contributed by atoms with Crippen LogP contribution in [-0.2, 0) is 4.79 Å². The van der Waals surface area contributed by atoms with E-state index in [2.05, 4.69) is 21.1 Å². The van der Waals surface area contributed by atoms with Gasteiger partial charge in [-0.1, -0.05) is 33.2 Å². The van der Waals surface area contributed by atoms with Gasteiger partial charge < -0.3 is 5.21 Å². The molecule has 0 saturated heterocycles. The van der Waals surface area contributed by atoms with Gasteiger partial charge in [-0.2, -0.15) is 0 Å². The first kappa shape index (κ1) is 8.93. The molecule has 0 bridgehead atoms. The minimum atomic E-state index is 0.0301. The number of aldehydes is 1. The van der Waals surface area contributed by atoms with Gasteiger partial charge in [0.15, 0.2) is 6.29 Å². The summed E-state index contributed by atoms with van der Waals surface area (Å²) in [7, 11) is 0. The second-order valence-electron chi connectivity index (χ2n) is 2.11. The topological polar surface area (TPSA) is 49.7 Å². The number of hydrogen-bond donors (Lipinski definition) is 1. The van der Waals surface area contributed by atoms with E-state index in [-0.39, 0.29) is 5.71 Å². The molecule has 0 aliphatic heterocycles. The van der Waals surface area contributed by atoms with E-state index in [1.807, 2.05) is 0 Å². The van der Waals surface area contributed by atoms with Crippen molar-refractivity contribution in [3.8, 4) is 0 Å². The number of nitrogens with zero attached hydrogens (tertiary/aromatic N) is 1. The molecular formula is C8H6BrNO2. The molecule has 0 radical (unpaired) electrons. The minimum absolute atomic E-state index is 0.0301. The SMILES string of the molecule is O=CC(=NO)c1ccc(Br)cc1. The summed E-state index contributed by atoms with van der Waals surface area (Å²) in [6.45, 7) is 0. The molecule has 0 unspecified atom stereocenters. The van der Waals surface area contributed by atoms with Crippen LogP contribution in [-0.4, -0.2) is 17.2 Å². The number of oxime groups is 1. The molecule has 0 saturated carbocycles. The van der Waals surface area contributed by atoms with Crippen LogP contribution in [0, 0.1) is 0 Å². The van der Waals surface area contributed by atoms with Crippen molar-refractivity contribution in [1.82, 2.24) is 0 Å². The van der Waals surface area contributed by atoms with Gasteiger partial charge in [-0.25, -0.2) is 0 Å². The monoisotopic (exact) mass is 227 g/mol. The van der Waals surface area contributed by atoms with Gasteiger partial charge in [0.2, 0.25) is 0 Å². The summed E-state index contributed by atoms with van der Waals surface area (Å²) in [5, 5.41) is 11.2. The normalized spacial score (nSPS) is 11.2. The van der Waals surface area contributed by atoms with Crippen molar-refractivity contribution in [2.45, 2.75) is 0 Å². The third kappa shape index (κ3) is 1.92. The highest BCUT2D eigenvalue weighted by Gasteiger charge is 2.00. The number of halogens is 1. The van der Waals surface area contributed by atoms with Gasteiger partial charge in [-0.15, -0.1) is 0 Å². The van der Waals surface area contributed by atoms with Gasteiger partial charge in [-0.05, 0) is 12.1 Å². The zero-order valence-corrected chi connectivity index (χ0v) is 7.65. The first-order valence-electron chi connectivity index (χ1n) is 3.21. The van der Waals surface area contributed by atoms with Gasteiger partial charge >= 0.3 is 0 Å². The Morgan fingerprint density at radius 2 is 2.00 bits per heavy atom. The maximum absolute atomic E-state index is 10.3. The molecule has 0 aromatic heterocycles. The van der Waals surface area contributed by atoms with Crippen LogP contribution in [0.4, 0.5) is 0 Å². The Morgan fingerprint density at radius 3 is 2.42 bits per heavy atom. The smallest absolute Gasteiger partial charge is 0.172 e. The fraction of sp³-hybridized carbons (Fsp3) is 0. The minimum Gasteiger partial charge on any atom is -0.410 e. The van der Waals surface area contributed by atoms with Crippen molar-refractivity contribution < 1.29 is 10.0 Å². The maximum Gasteiger partial charge on any atom is 0.172 e. The first-order valence-corrected chi connectivity index (χ1v) is 4.00. The quantitative estimate of drug-likeness (QED) is 0.363. The maximum atomic E-state index is 10.3. The average Bonchev–Trinajstić information content (AvgIpc) is 2.10. The van der Waals surface area contributed by atoms with E-state index in [1.165, 1.54) is 0 Å². The molecular weight excluding hydrogens is 222 g/mol. The van der Waals surface area contributed by atoms with Gasteiger partial charge in [0.05, 0.1) is 0 Å². The van der Waals surface area contributed by atoms with Crippen molar-refractivity contribution in [3.05, 3.63) is 34.3 Å². The van der Waals surface area contributed by atoms with Crippen LogP contribution in [0.15, 0.2) is 33.9 Å². The first-order chi connectivity index (χ1) is 5.77. The standard InChI is InChI=1S/C8H6BrNO2/c9-7-3-1-6(2-4-7)8(5-11)10-12/h1-5,12H. The van der Waals surface area contributed by atoms with Crippen molar-refractivity contribution in [2.24, 2.45) is 5.16 Å². The van der Waals surface area contributed by atoms with Crippen LogP contribution < -0.4 is 0 Å². The molecule has 1 aromatic carbocycles. The summed E-state index contributed by atoms with van der Waals surface area (Å²) in [4.78, 5) is 10.3. The van der Waals surface area contributed by atoms with Crippen LogP contribution in [0.1, 0.15) is 5.56 Å². The summed E-state index contributed by atoms with van der Waals surface area (Å²) in [6.07, 6.45) is 0.503. The summed E-state index contributed by atoms with van der Waals surface area (Å²) in [5.41, 5.74) is 0.623. The molecule has 0 spiro atoms. The van der Waals surface area contributed by atoms with E-state index in [0.717, 1.165) is 4.47 Å². The van der Waals surface area contributed by atoms with E-state index in [9.17, 15) is 4.79 Å². The molecule has 1 N–H and O–H groups in total. The molecule has 1 aromatic rings. The Bertz CT molecular complexity index is 305. The third-order valence-electron chi connectivity index (χ3n) is 1.36. The van der Waals surface area contributed by atoms with Crippen molar-refractivity contribution >= 4 is 27.9 Å². The lowest BCUT2D eigenvalue weighted by Crippen LogP contribution is -2.01. The fourth-order valence-corrected chi connectivity index (χ4v) is 1.03. The lowest BCUT2D eigenvalue weighted by atomic mass is 10.1. The second-order valence-corrected chi connectivity index (χ2v) is 3.03. The molecule has 1 rings (SSSR count). The lowest BCUT2D eigenvalue weighted by Gasteiger charge is -1.95. The molecule has 12 heavy (non-hydrogen) atoms. The second kappa shape index (κ2) is 4.01. The van der Waals surface area contributed by atoms with Gasteiger partial charge in [0, 0.05) is 10.0 Å². The molecule has 0 aliphatic rings. The number of carbonyl (C=O) groups is 1. The van der Waals surface area contributed by atoms with Gasteiger partial charge in [0.1, 0.15) is 5.71 Å².